The van der Waals surface area contributed by atoms with Crippen molar-refractivity contribution in [1.29, 1.82) is 0 Å². The number of nitrogens with zero attached hydrogens (tertiary/aromatic N) is 1. The first kappa shape index (κ1) is 10.2. The molecule has 0 radical (unpaired) electrons. The van der Waals surface area contributed by atoms with Gasteiger partial charge in [0.1, 0.15) is 0 Å². The van der Waals surface area contributed by atoms with E-state index in [4.69, 9.17) is 0 Å². The molecule has 1 spiro atoms. The first-order valence-corrected chi connectivity index (χ1v) is 7.41. The Bertz CT molecular complexity index is 329. The Balaban J connectivity index is 1.67. The highest BCUT2D eigenvalue weighted by atomic mass is 32.2. The molecule has 3 rings (SSSR count). The van der Waals surface area contributed by atoms with E-state index in [1.54, 1.807) is 0 Å². The summed E-state index contributed by atoms with van der Waals surface area (Å²) in [4.78, 5) is 0. The molecular formula is C12H17NS2. The molecule has 0 N–H and O–H groups in total. The van der Waals surface area contributed by atoms with Gasteiger partial charge in [-0.1, -0.05) is 12.5 Å². The van der Waals surface area contributed by atoms with Crippen molar-refractivity contribution in [1.82, 2.24) is 4.31 Å². The third kappa shape index (κ3) is 1.85. The van der Waals surface area contributed by atoms with Crippen LogP contribution in [0.25, 0.3) is 0 Å². The van der Waals surface area contributed by atoms with Gasteiger partial charge in [0, 0.05) is 12.6 Å². The minimum Gasteiger partial charge on any atom is -0.242 e. The van der Waals surface area contributed by atoms with Gasteiger partial charge >= 0.3 is 0 Å². The standard InChI is InChI=1S/C12H17NS2/c1-10-8-12(5-3-6-12)9-13(10)15-11-4-2-7-14-11/h2,4,7,10H,3,5-6,8-9H2,1H3. The predicted octanol–water partition coefficient (Wildman–Crippen LogP) is 4.02. The van der Waals surface area contributed by atoms with Crippen molar-refractivity contribution >= 4 is 23.3 Å². The molecule has 1 aliphatic carbocycles. The van der Waals surface area contributed by atoms with Crippen molar-refractivity contribution in [2.45, 2.75) is 42.9 Å². The summed E-state index contributed by atoms with van der Waals surface area (Å²) < 4.78 is 4.04. The van der Waals surface area contributed by atoms with Crippen LogP contribution in [0, 0.1) is 5.41 Å². The van der Waals surface area contributed by atoms with Gasteiger partial charge in [0.15, 0.2) is 0 Å². The van der Waals surface area contributed by atoms with Crippen molar-refractivity contribution in [2.75, 3.05) is 6.54 Å². The lowest BCUT2D eigenvalue weighted by atomic mass is 9.68. The first-order chi connectivity index (χ1) is 7.27. The molecule has 2 fully saturated rings. The maximum Gasteiger partial charge on any atom is 0.0753 e. The van der Waals surface area contributed by atoms with Gasteiger partial charge in [-0.05, 0) is 55.0 Å². The van der Waals surface area contributed by atoms with Crippen molar-refractivity contribution in [3.05, 3.63) is 17.5 Å². The topological polar surface area (TPSA) is 3.24 Å². The van der Waals surface area contributed by atoms with Crippen LogP contribution in [0.5, 0.6) is 0 Å². The quantitative estimate of drug-likeness (QED) is 0.717. The van der Waals surface area contributed by atoms with Crippen LogP contribution in [-0.4, -0.2) is 16.9 Å². The zero-order chi connectivity index (χ0) is 10.3. The van der Waals surface area contributed by atoms with Crippen LogP contribution in [0.1, 0.15) is 32.6 Å². The molecule has 1 aromatic rings. The molecule has 0 amide bonds. The summed E-state index contributed by atoms with van der Waals surface area (Å²) in [5, 5.41) is 2.17. The molecule has 1 aliphatic heterocycles. The fourth-order valence-corrected chi connectivity index (χ4v) is 4.91. The SMILES string of the molecule is CC1CC2(CCC2)CN1Sc1cccs1. The fourth-order valence-electron chi connectivity index (χ4n) is 2.87. The van der Waals surface area contributed by atoms with Gasteiger partial charge in [-0.15, -0.1) is 11.3 Å². The van der Waals surface area contributed by atoms with Crippen LogP contribution in [-0.2, 0) is 0 Å². The lowest BCUT2D eigenvalue weighted by molar-refractivity contribution is 0.154. The third-order valence-corrected chi connectivity index (χ3v) is 6.04. The van der Waals surface area contributed by atoms with Gasteiger partial charge in [0.05, 0.1) is 4.21 Å². The van der Waals surface area contributed by atoms with E-state index in [-0.39, 0.29) is 0 Å². The Hall–Kier alpha value is 0.01000. The molecule has 1 saturated carbocycles. The van der Waals surface area contributed by atoms with Gasteiger partial charge in [0.2, 0.25) is 0 Å². The van der Waals surface area contributed by atoms with E-state index in [1.807, 2.05) is 23.3 Å². The monoisotopic (exact) mass is 239 g/mol. The highest BCUT2D eigenvalue weighted by Gasteiger charge is 2.46. The van der Waals surface area contributed by atoms with E-state index in [2.05, 4.69) is 28.7 Å². The maximum absolute atomic E-state index is 2.60. The lowest BCUT2D eigenvalue weighted by Gasteiger charge is -2.38. The van der Waals surface area contributed by atoms with Crippen molar-refractivity contribution in [3.63, 3.8) is 0 Å². The molecule has 3 heteroatoms. The lowest BCUT2D eigenvalue weighted by Crippen LogP contribution is -2.31. The Labute approximate surface area is 100.0 Å². The van der Waals surface area contributed by atoms with E-state index < -0.39 is 0 Å². The molecule has 0 bridgehead atoms. The van der Waals surface area contributed by atoms with Crippen molar-refractivity contribution in [2.24, 2.45) is 5.41 Å². The summed E-state index contributed by atoms with van der Waals surface area (Å²) >= 11 is 3.83. The van der Waals surface area contributed by atoms with Gasteiger partial charge in [-0.3, -0.25) is 0 Å². The average molecular weight is 239 g/mol. The summed E-state index contributed by atoms with van der Waals surface area (Å²) in [5.74, 6) is 0. The van der Waals surface area contributed by atoms with Gasteiger partial charge in [-0.25, -0.2) is 4.31 Å². The van der Waals surface area contributed by atoms with Crippen LogP contribution in [0.4, 0.5) is 0 Å². The van der Waals surface area contributed by atoms with Crippen LogP contribution in [0.3, 0.4) is 0 Å². The molecule has 1 aromatic heterocycles. The largest absolute Gasteiger partial charge is 0.242 e. The Morgan fingerprint density at radius 1 is 1.53 bits per heavy atom. The third-order valence-electron chi connectivity index (χ3n) is 3.83. The number of hydrogen-bond acceptors (Lipinski definition) is 3. The summed E-state index contributed by atoms with van der Waals surface area (Å²) in [5.41, 5.74) is 0.712. The minimum absolute atomic E-state index is 0.712. The summed E-state index contributed by atoms with van der Waals surface area (Å²) in [7, 11) is 0. The smallest absolute Gasteiger partial charge is 0.0753 e. The maximum atomic E-state index is 2.60. The Kier molecular flexibility index (Phi) is 2.57. The second-order valence-corrected chi connectivity index (χ2v) is 7.30. The van der Waals surface area contributed by atoms with E-state index in [0.29, 0.717) is 5.41 Å². The molecule has 15 heavy (non-hydrogen) atoms. The fraction of sp³-hybridized carbons (Fsp3) is 0.667. The molecular weight excluding hydrogens is 222 g/mol. The van der Waals surface area contributed by atoms with Crippen LogP contribution in [0.2, 0.25) is 0 Å². The molecule has 1 atom stereocenters. The highest BCUT2D eigenvalue weighted by Crippen LogP contribution is 2.52. The minimum atomic E-state index is 0.712. The van der Waals surface area contributed by atoms with Crippen LogP contribution in [0.15, 0.2) is 21.7 Å². The number of rotatable bonds is 2. The first-order valence-electron chi connectivity index (χ1n) is 5.76. The number of hydrogen-bond donors (Lipinski definition) is 0. The van der Waals surface area contributed by atoms with E-state index in [0.717, 1.165) is 6.04 Å². The molecule has 1 unspecified atom stereocenters. The molecule has 0 aromatic carbocycles. The summed E-state index contributed by atoms with van der Waals surface area (Å²) in [6, 6.07) is 5.14. The highest BCUT2D eigenvalue weighted by molar-refractivity contribution is 7.98. The second-order valence-electron chi connectivity index (χ2n) is 5.01. The zero-order valence-corrected chi connectivity index (χ0v) is 10.7. The Morgan fingerprint density at radius 2 is 2.40 bits per heavy atom. The molecule has 2 aliphatic rings. The van der Waals surface area contributed by atoms with Gasteiger partial charge in [0.25, 0.3) is 0 Å². The van der Waals surface area contributed by atoms with Gasteiger partial charge < -0.3 is 0 Å². The summed E-state index contributed by atoms with van der Waals surface area (Å²) in [6.07, 6.45) is 5.83. The van der Waals surface area contributed by atoms with Gasteiger partial charge in [-0.2, -0.15) is 0 Å². The normalized spacial score (nSPS) is 29.5. The van der Waals surface area contributed by atoms with Crippen LogP contribution >= 0.6 is 23.3 Å². The molecule has 1 saturated heterocycles. The molecule has 82 valence electrons. The average Bonchev–Trinajstić information content (AvgIpc) is 2.74. The number of thiophene rings is 1. The molecule has 2 heterocycles. The van der Waals surface area contributed by atoms with E-state index >= 15 is 0 Å². The Morgan fingerprint density at radius 3 is 2.93 bits per heavy atom. The van der Waals surface area contributed by atoms with Crippen molar-refractivity contribution < 1.29 is 0 Å². The predicted molar refractivity (Wildman–Crippen MR) is 67.2 cm³/mol. The molecule has 1 nitrogen and oxygen atoms in total. The van der Waals surface area contributed by atoms with Crippen molar-refractivity contribution in [3.8, 4) is 0 Å². The van der Waals surface area contributed by atoms with E-state index in [9.17, 15) is 0 Å². The van der Waals surface area contributed by atoms with E-state index in [1.165, 1.54) is 36.4 Å². The van der Waals surface area contributed by atoms with Crippen LogP contribution < -0.4 is 0 Å². The second kappa shape index (κ2) is 3.79. The summed E-state index contributed by atoms with van der Waals surface area (Å²) in [6.45, 7) is 3.70. The zero-order valence-electron chi connectivity index (χ0n) is 9.11.